The Morgan fingerprint density at radius 3 is 2.22 bits per heavy atom. The van der Waals surface area contributed by atoms with E-state index in [4.69, 9.17) is 0 Å². The summed E-state index contributed by atoms with van der Waals surface area (Å²) in [4.78, 5) is 8.90. The molecule has 2 nitrogen and oxygen atoms in total. The molecule has 2 heteroatoms. The van der Waals surface area contributed by atoms with Crippen molar-refractivity contribution in [2.45, 2.75) is 79.6 Å². The third kappa shape index (κ3) is 6.75. The Kier molecular flexibility index (Phi) is 8.97. The van der Waals surface area contributed by atoms with Gasteiger partial charge in [-0.2, -0.15) is 0 Å². The van der Waals surface area contributed by atoms with E-state index in [1.165, 1.54) is 49.7 Å². The third-order valence-corrected chi connectivity index (χ3v) is 5.73. The molecule has 1 saturated carbocycles. The second kappa shape index (κ2) is 11.2. The average Bonchev–Trinajstić information content (AvgIpc) is 2.90. The number of allylic oxidation sites excluding steroid dienone is 6. The lowest BCUT2D eigenvalue weighted by atomic mass is 9.80. The van der Waals surface area contributed by atoms with Gasteiger partial charge in [-0.15, -0.1) is 0 Å². The monoisotopic (exact) mass is 366 g/mol. The van der Waals surface area contributed by atoms with Crippen LogP contribution >= 0.6 is 0 Å². The summed E-state index contributed by atoms with van der Waals surface area (Å²) in [6.45, 7) is 10.8. The molecule has 2 aliphatic rings. The van der Waals surface area contributed by atoms with Gasteiger partial charge < -0.3 is 0 Å². The number of rotatable bonds is 5. The van der Waals surface area contributed by atoms with Gasteiger partial charge >= 0.3 is 0 Å². The molecule has 2 aliphatic carbocycles. The molecule has 0 saturated heterocycles. The van der Waals surface area contributed by atoms with Crippen molar-refractivity contribution in [1.29, 1.82) is 0 Å². The first kappa shape index (κ1) is 21.6. The van der Waals surface area contributed by atoms with Crippen LogP contribution in [0.25, 0.3) is 5.57 Å². The van der Waals surface area contributed by atoms with Crippen molar-refractivity contribution in [1.82, 2.24) is 9.97 Å². The number of nitrogens with zero attached hydrogens (tertiary/aromatic N) is 2. The summed E-state index contributed by atoms with van der Waals surface area (Å²) in [5.74, 6) is 3.25. The SMILES string of the molecule is CC.CCc1ncc(C2=CC(C)C=C(CCC3CCC(C)CC3)C=C2)cn1. The second-order valence-electron chi connectivity index (χ2n) is 7.96. The molecule has 1 unspecified atom stereocenters. The third-order valence-electron chi connectivity index (χ3n) is 5.73. The van der Waals surface area contributed by atoms with Gasteiger partial charge in [-0.3, -0.25) is 0 Å². The number of hydrogen-bond acceptors (Lipinski definition) is 2. The Morgan fingerprint density at radius 2 is 1.59 bits per heavy atom. The Hall–Kier alpha value is -1.70. The zero-order chi connectivity index (χ0) is 19.6. The Labute approximate surface area is 166 Å². The molecule has 1 heterocycles. The van der Waals surface area contributed by atoms with Crippen molar-refractivity contribution in [3.63, 3.8) is 0 Å². The highest BCUT2D eigenvalue weighted by Crippen LogP contribution is 2.33. The van der Waals surface area contributed by atoms with Crippen LogP contribution in [0.3, 0.4) is 0 Å². The highest BCUT2D eigenvalue weighted by molar-refractivity contribution is 5.74. The van der Waals surface area contributed by atoms with Gasteiger partial charge in [0.2, 0.25) is 0 Å². The van der Waals surface area contributed by atoms with Crippen LogP contribution in [-0.4, -0.2) is 9.97 Å². The first-order valence-corrected chi connectivity index (χ1v) is 11.1. The van der Waals surface area contributed by atoms with Crippen LogP contribution in [0.15, 0.2) is 42.3 Å². The summed E-state index contributed by atoms with van der Waals surface area (Å²) in [6, 6.07) is 0. The zero-order valence-electron chi connectivity index (χ0n) is 18.0. The molecule has 0 spiro atoms. The summed E-state index contributed by atoms with van der Waals surface area (Å²) < 4.78 is 0. The summed E-state index contributed by atoms with van der Waals surface area (Å²) in [6.07, 6.45) is 22.4. The smallest absolute Gasteiger partial charge is 0.127 e. The molecule has 27 heavy (non-hydrogen) atoms. The fourth-order valence-electron chi connectivity index (χ4n) is 4.01. The van der Waals surface area contributed by atoms with Crippen molar-refractivity contribution in [3.05, 3.63) is 53.7 Å². The maximum absolute atomic E-state index is 4.45. The quantitative estimate of drug-likeness (QED) is 0.551. The summed E-state index contributed by atoms with van der Waals surface area (Å²) >= 11 is 0. The molecular weight excluding hydrogens is 328 g/mol. The van der Waals surface area contributed by atoms with E-state index in [0.717, 1.165) is 29.6 Å². The minimum Gasteiger partial charge on any atom is -0.241 e. The van der Waals surface area contributed by atoms with Gasteiger partial charge in [-0.1, -0.05) is 90.2 Å². The van der Waals surface area contributed by atoms with E-state index in [9.17, 15) is 0 Å². The van der Waals surface area contributed by atoms with E-state index < -0.39 is 0 Å². The molecule has 0 radical (unpaired) electrons. The van der Waals surface area contributed by atoms with E-state index in [-0.39, 0.29) is 0 Å². The molecule has 148 valence electrons. The summed E-state index contributed by atoms with van der Waals surface area (Å²) in [5, 5.41) is 0. The fraction of sp³-hybridized carbons (Fsp3) is 0.600. The van der Waals surface area contributed by atoms with Gasteiger partial charge in [0.15, 0.2) is 0 Å². The van der Waals surface area contributed by atoms with Crippen molar-refractivity contribution in [2.75, 3.05) is 0 Å². The Balaban J connectivity index is 0.00000126. The lowest BCUT2D eigenvalue weighted by Crippen LogP contribution is -2.12. The van der Waals surface area contributed by atoms with Crippen LogP contribution in [0.2, 0.25) is 0 Å². The Morgan fingerprint density at radius 1 is 0.926 bits per heavy atom. The largest absolute Gasteiger partial charge is 0.241 e. The lowest BCUT2D eigenvalue weighted by molar-refractivity contribution is 0.278. The summed E-state index contributed by atoms with van der Waals surface area (Å²) in [7, 11) is 0. The van der Waals surface area contributed by atoms with Crippen LogP contribution in [0, 0.1) is 17.8 Å². The van der Waals surface area contributed by atoms with Crippen LogP contribution in [0.4, 0.5) is 0 Å². The van der Waals surface area contributed by atoms with E-state index in [0.29, 0.717) is 5.92 Å². The molecule has 1 aromatic rings. The minimum atomic E-state index is 0.456. The van der Waals surface area contributed by atoms with Gasteiger partial charge in [0.05, 0.1) is 0 Å². The highest BCUT2D eigenvalue weighted by Gasteiger charge is 2.18. The van der Waals surface area contributed by atoms with Crippen molar-refractivity contribution in [2.24, 2.45) is 17.8 Å². The van der Waals surface area contributed by atoms with Crippen molar-refractivity contribution in [3.8, 4) is 0 Å². The Bertz CT molecular complexity index is 643. The number of aryl methyl sites for hydroxylation is 1. The lowest BCUT2D eigenvalue weighted by Gasteiger charge is -2.26. The molecule has 1 atom stereocenters. The maximum Gasteiger partial charge on any atom is 0.127 e. The first-order chi connectivity index (χ1) is 13.1. The first-order valence-electron chi connectivity index (χ1n) is 11.1. The van der Waals surface area contributed by atoms with E-state index >= 15 is 0 Å². The standard InChI is InChI=1S/C23H32N2.C2H6/c1-4-23-24-15-22(16-25-23)21-12-11-20(13-18(3)14-21)10-9-19-7-5-17(2)6-8-19;1-2/h11-19H,4-10H2,1-3H3;1-2H3. The molecule has 1 aromatic heterocycles. The molecule has 0 aliphatic heterocycles. The second-order valence-corrected chi connectivity index (χ2v) is 7.96. The molecule has 0 N–H and O–H groups in total. The van der Waals surface area contributed by atoms with Gasteiger partial charge in [-0.05, 0) is 36.2 Å². The van der Waals surface area contributed by atoms with Gasteiger partial charge in [0.1, 0.15) is 5.82 Å². The molecule has 0 aromatic carbocycles. The molecular formula is C25H38N2. The van der Waals surface area contributed by atoms with Gasteiger partial charge in [-0.25, -0.2) is 9.97 Å². The molecule has 0 bridgehead atoms. The maximum atomic E-state index is 4.45. The average molecular weight is 367 g/mol. The number of aromatic nitrogens is 2. The minimum absolute atomic E-state index is 0.456. The van der Waals surface area contributed by atoms with E-state index in [2.05, 4.69) is 55.0 Å². The summed E-state index contributed by atoms with van der Waals surface area (Å²) in [5.41, 5.74) is 3.85. The van der Waals surface area contributed by atoms with Crippen LogP contribution in [-0.2, 0) is 6.42 Å². The van der Waals surface area contributed by atoms with Crippen LogP contribution in [0.1, 0.15) is 84.5 Å². The normalized spacial score (nSPS) is 25.0. The van der Waals surface area contributed by atoms with Crippen molar-refractivity contribution < 1.29 is 0 Å². The molecule has 1 fully saturated rings. The number of hydrogen-bond donors (Lipinski definition) is 0. The fourth-order valence-corrected chi connectivity index (χ4v) is 4.01. The molecule has 3 rings (SSSR count). The zero-order valence-corrected chi connectivity index (χ0v) is 18.0. The predicted molar refractivity (Wildman–Crippen MR) is 117 cm³/mol. The van der Waals surface area contributed by atoms with Gasteiger partial charge in [0.25, 0.3) is 0 Å². The topological polar surface area (TPSA) is 25.8 Å². The van der Waals surface area contributed by atoms with E-state index in [1.807, 2.05) is 26.2 Å². The predicted octanol–water partition coefficient (Wildman–Crippen LogP) is 7.19. The van der Waals surface area contributed by atoms with Crippen molar-refractivity contribution >= 4 is 5.57 Å². The molecule has 0 amide bonds. The van der Waals surface area contributed by atoms with Crippen LogP contribution in [0.5, 0.6) is 0 Å². The van der Waals surface area contributed by atoms with E-state index in [1.54, 1.807) is 0 Å². The van der Waals surface area contributed by atoms with Gasteiger partial charge in [0, 0.05) is 24.4 Å². The van der Waals surface area contributed by atoms with Crippen LogP contribution < -0.4 is 0 Å². The highest BCUT2D eigenvalue weighted by atomic mass is 14.9.